The van der Waals surface area contributed by atoms with Gasteiger partial charge in [-0.05, 0) is 25.7 Å². The predicted octanol–water partition coefficient (Wildman–Crippen LogP) is 2.23. The zero-order chi connectivity index (χ0) is 13.7. The maximum atomic E-state index is 11.1. The molecule has 5 nitrogen and oxygen atoms in total. The molecule has 1 aliphatic carbocycles. The van der Waals surface area contributed by atoms with E-state index in [1.165, 1.54) is 44.6 Å². The number of nitrogens with zero attached hydrogens (tertiary/aromatic N) is 2. The molecule has 0 saturated heterocycles. The van der Waals surface area contributed by atoms with Gasteiger partial charge in [-0.15, -0.1) is 0 Å². The van der Waals surface area contributed by atoms with Gasteiger partial charge < -0.3 is 10.4 Å². The number of aromatic nitrogens is 2. The third-order valence-electron chi connectivity index (χ3n) is 3.97. The summed E-state index contributed by atoms with van der Waals surface area (Å²) in [6.07, 6.45) is 9.26. The molecule has 1 aromatic heterocycles. The molecule has 5 heteroatoms. The number of aromatic carboxylic acids is 1. The van der Waals surface area contributed by atoms with Crippen LogP contribution in [0.25, 0.3) is 0 Å². The molecule has 1 saturated carbocycles. The molecule has 1 aromatic rings. The molecular weight excluding hydrogens is 242 g/mol. The van der Waals surface area contributed by atoms with Gasteiger partial charge in [-0.1, -0.05) is 19.3 Å². The number of nitrogens with one attached hydrogen (secondary N) is 1. The summed E-state index contributed by atoms with van der Waals surface area (Å²) < 4.78 is 0. The highest BCUT2D eigenvalue weighted by atomic mass is 16.4. The van der Waals surface area contributed by atoms with Gasteiger partial charge in [0.05, 0.1) is 5.69 Å². The number of carbonyl (C=O) groups is 1. The first kappa shape index (κ1) is 13.9. The van der Waals surface area contributed by atoms with E-state index in [0.29, 0.717) is 24.2 Å². The van der Waals surface area contributed by atoms with Crippen LogP contribution in [-0.2, 0) is 6.54 Å². The molecule has 0 bridgehead atoms. The van der Waals surface area contributed by atoms with Crippen molar-refractivity contribution in [3.63, 3.8) is 0 Å². The van der Waals surface area contributed by atoms with E-state index in [1.807, 2.05) is 0 Å². The Balaban J connectivity index is 1.92. The van der Waals surface area contributed by atoms with Gasteiger partial charge in [0.1, 0.15) is 11.9 Å². The Labute approximate surface area is 113 Å². The number of hydrogen-bond acceptors (Lipinski definition) is 4. The van der Waals surface area contributed by atoms with E-state index in [2.05, 4.69) is 22.2 Å². The van der Waals surface area contributed by atoms with E-state index < -0.39 is 5.97 Å². The summed E-state index contributed by atoms with van der Waals surface area (Å²) in [6.45, 7) is 2.67. The first-order chi connectivity index (χ1) is 9.18. The van der Waals surface area contributed by atoms with Gasteiger partial charge in [0.2, 0.25) is 0 Å². The van der Waals surface area contributed by atoms with Crippen molar-refractivity contribution in [3.8, 4) is 0 Å². The monoisotopic (exact) mass is 263 g/mol. The number of hydrogen-bond donors (Lipinski definition) is 2. The molecule has 2 N–H and O–H groups in total. The van der Waals surface area contributed by atoms with Crippen molar-refractivity contribution in [2.75, 3.05) is 0 Å². The molecule has 1 aliphatic rings. The summed E-state index contributed by atoms with van der Waals surface area (Å²) in [5.41, 5.74) is 0.746. The van der Waals surface area contributed by atoms with Crippen molar-refractivity contribution in [1.82, 2.24) is 15.3 Å². The van der Waals surface area contributed by atoms with Crippen molar-refractivity contribution in [3.05, 3.63) is 23.8 Å². The molecule has 0 spiro atoms. The Morgan fingerprint density at radius 3 is 2.89 bits per heavy atom. The fourth-order valence-corrected chi connectivity index (χ4v) is 2.73. The summed E-state index contributed by atoms with van der Waals surface area (Å²) >= 11 is 0. The van der Waals surface area contributed by atoms with Crippen molar-refractivity contribution >= 4 is 5.97 Å². The minimum Gasteiger partial charge on any atom is -0.478 e. The van der Waals surface area contributed by atoms with Gasteiger partial charge in [-0.3, -0.25) is 0 Å². The van der Waals surface area contributed by atoms with Crippen LogP contribution in [0, 0.1) is 5.92 Å². The summed E-state index contributed by atoms with van der Waals surface area (Å²) in [4.78, 5) is 18.9. The fourth-order valence-electron chi connectivity index (χ4n) is 2.73. The Morgan fingerprint density at radius 1 is 1.47 bits per heavy atom. The summed E-state index contributed by atoms with van der Waals surface area (Å²) in [6, 6.07) is 0.400. The van der Waals surface area contributed by atoms with E-state index in [1.54, 1.807) is 0 Å². The van der Waals surface area contributed by atoms with Crippen LogP contribution in [-0.4, -0.2) is 27.1 Å². The minimum atomic E-state index is -0.970. The van der Waals surface area contributed by atoms with Gasteiger partial charge in [-0.2, -0.15) is 0 Å². The molecular formula is C14H21N3O2. The predicted molar refractivity (Wildman–Crippen MR) is 71.9 cm³/mol. The normalized spacial score (nSPS) is 18.2. The maximum Gasteiger partial charge on any atom is 0.339 e. The van der Waals surface area contributed by atoms with E-state index in [0.717, 1.165) is 0 Å². The fraction of sp³-hybridized carbons (Fsp3) is 0.643. The van der Waals surface area contributed by atoms with Gasteiger partial charge in [0, 0.05) is 18.8 Å². The zero-order valence-electron chi connectivity index (χ0n) is 11.3. The third kappa shape index (κ3) is 3.73. The molecule has 0 aromatic carbocycles. The Hall–Kier alpha value is -1.49. The van der Waals surface area contributed by atoms with Crippen LogP contribution in [0.15, 0.2) is 12.5 Å². The molecule has 0 radical (unpaired) electrons. The van der Waals surface area contributed by atoms with Crippen molar-refractivity contribution in [2.45, 2.75) is 51.6 Å². The smallest absolute Gasteiger partial charge is 0.339 e. The lowest BCUT2D eigenvalue weighted by Gasteiger charge is -2.28. The van der Waals surface area contributed by atoms with Gasteiger partial charge in [-0.25, -0.2) is 14.8 Å². The number of carboxylic acid groups (broad SMARTS) is 1. The van der Waals surface area contributed by atoms with Gasteiger partial charge in [0.25, 0.3) is 0 Å². The topological polar surface area (TPSA) is 75.1 Å². The van der Waals surface area contributed by atoms with Crippen LogP contribution in [0.2, 0.25) is 0 Å². The maximum absolute atomic E-state index is 11.1. The second-order valence-corrected chi connectivity index (χ2v) is 5.26. The van der Waals surface area contributed by atoms with Crippen LogP contribution < -0.4 is 5.32 Å². The van der Waals surface area contributed by atoms with Crippen LogP contribution in [0.4, 0.5) is 0 Å². The third-order valence-corrected chi connectivity index (χ3v) is 3.97. The summed E-state index contributed by atoms with van der Waals surface area (Å²) in [5.74, 6) is -0.272. The lowest BCUT2D eigenvalue weighted by molar-refractivity contribution is 0.0694. The lowest BCUT2D eigenvalue weighted by atomic mass is 9.84. The van der Waals surface area contributed by atoms with E-state index in [-0.39, 0.29) is 5.56 Å². The van der Waals surface area contributed by atoms with E-state index in [9.17, 15) is 4.79 Å². The first-order valence-corrected chi connectivity index (χ1v) is 6.94. The lowest BCUT2D eigenvalue weighted by Crippen LogP contribution is -2.34. The minimum absolute atomic E-state index is 0.186. The largest absolute Gasteiger partial charge is 0.478 e. The van der Waals surface area contributed by atoms with Crippen molar-refractivity contribution in [2.24, 2.45) is 5.92 Å². The molecule has 1 fully saturated rings. The average molecular weight is 263 g/mol. The first-order valence-electron chi connectivity index (χ1n) is 6.94. The number of carboxylic acids is 1. The Kier molecular flexibility index (Phi) is 4.85. The highest BCUT2D eigenvalue weighted by molar-refractivity contribution is 5.88. The number of rotatable bonds is 5. The molecule has 104 valence electrons. The van der Waals surface area contributed by atoms with Crippen LogP contribution >= 0.6 is 0 Å². The van der Waals surface area contributed by atoms with Gasteiger partial charge in [0.15, 0.2) is 0 Å². The quantitative estimate of drug-likeness (QED) is 0.852. The van der Waals surface area contributed by atoms with E-state index in [4.69, 9.17) is 5.11 Å². The van der Waals surface area contributed by atoms with Crippen molar-refractivity contribution in [1.29, 1.82) is 0 Å². The standard InChI is InChI=1S/C14H21N3O2/c1-10(11-5-3-2-4-6-11)16-8-13-12(14(18)19)7-15-9-17-13/h7,9-11,16H,2-6,8H2,1H3,(H,18,19)/t10-/m1/s1. The molecule has 0 unspecified atom stereocenters. The zero-order valence-corrected chi connectivity index (χ0v) is 11.3. The second-order valence-electron chi connectivity index (χ2n) is 5.26. The van der Waals surface area contributed by atoms with Crippen LogP contribution in [0.5, 0.6) is 0 Å². The molecule has 1 atom stereocenters. The van der Waals surface area contributed by atoms with Gasteiger partial charge >= 0.3 is 5.97 Å². The summed E-state index contributed by atoms with van der Waals surface area (Å²) in [7, 11) is 0. The Bertz CT molecular complexity index is 430. The molecule has 19 heavy (non-hydrogen) atoms. The molecule has 2 rings (SSSR count). The summed E-state index contributed by atoms with van der Waals surface area (Å²) in [5, 5.41) is 12.5. The average Bonchev–Trinajstić information content (AvgIpc) is 2.46. The van der Waals surface area contributed by atoms with Crippen molar-refractivity contribution < 1.29 is 9.90 Å². The van der Waals surface area contributed by atoms with Crippen LogP contribution in [0.1, 0.15) is 55.1 Å². The molecule has 1 heterocycles. The second kappa shape index (κ2) is 6.61. The Morgan fingerprint density at radius 2 is 2.21 bits per heavy atom. The van der Waals surface area contributed by atoms with Crippen LogP contribution in [0.3, 0.4) is 0 Å². The molecule has 0 aliphatic heterocycles. The highest BCUT2D eigenvalue weighted by Crippen LogP contribution is 2.26. The SMILES string of the molecule is C[C@@H](NCc1ncncc1C(=O)O)C1CCCCC1. The highest BCUT2D eigenvalue weighted by Gasteiger charge is 2.20. The van der Waals surface area contributed by atoms with E-state index >= 15 is 0 Å². The molecule has 0 amide bonds.